The first-order valence-electron chi connectivity index (χ1n) is 12.6. The molecule has 3 rings (SSSR count). The fraction of sp³-hybridized carbons (Fsp3) is 0.586. The summed E-state index contributed by atoms with van der Waals surface area (Å²) in [5.41, 5.74) is 2.70. The Balaban J connectivity index is 2.30. The smallest absolute Gasteiger partial charge is 0.161 e. The van der Waals surface area contributed by atoms with Crippen LogP contribution in [0, 0.1) is 0 Å². The van der Waals surface area contributed by atoms with Gasteiger partial charge in [0.2, 0.25) is 0 Å². The zero-order chi connectivity index (χ0) is 25.0. The molecule has 0 bridgehead atoms. The minimum atomic E-state index is -1.24. The van der Waals surface area contributed by atoms with Crippen LogP contribution in [0.3, 0.4) is 0 Å². The monoisotopic (exact) mass is 469 g/mol. The minimum absolute atomic E-state index is 0.126. The second-order valence-electron chi connectivity index (χ2n) is 10.1. The van der Waals surface area contributed by atoms with Crippen molar-refractivity contribution in [3.63, 3.8) is 0 Å². The maximum atomic E-state index is 12.8. The summed E-state index contributed by atoms with van der Waals surface area (Å²) in [6.45, 7) is 12.8. The van der Waals surface area contributed by atoms with E-state index < -0.39 is 5.60 Å². The Morgan fingerprint density at radius 1 is 0.735 bits per heavy atom. The van der Waals surface area contributed by atoms with Crippen LogP contribution >= 0.6 is 0 Å². The van der Waals surface area contributed by atoms with Gasteiger partial charge in [-0.25, -0.2) is 0 Å². The van der Waals surface area contributed by atoms with E-state index in [1.54, 1.807) is 21.3 Å². The molecule has 34 heavy (non-hydrogen) atoms. The van der Waals surface area contributed by atoms with Crippen molar-refractivity contribution in [3.05, 3.63) is 52.6 Å². The third-order valence-electron chi connectivity index (χ3n) is 7.40. The first kappa shape index (κ1) is 26.4. The molecule has 0 radical (unpaired) electrons. The Hall–Kier alpha value is -2.24. The molecule has 1 saturated heterocycles. The molecule has 0 aromatic heterocycles. The minimum Gasteiger partial charge on any atom is -0.496 e. The maximum absolute atomic E-state index is 12.8. The Morgan fingerprint density at radius 2 is 1.29 bits per heavy atom. The lowest BCUT2D eigenvalue weighted by Crippen LogP contribution is -2.51. The molecule has 5 nitrogen and oxygen atoms in total. The van der Waals surface area contributed by atoms with Crippen LogP contribution in [0.15, 0.2) is 30.3 Å². The van der Waals surface area contributed by atoms with Crippen molar-refractivity contribution >= 4 is 0 Å². The molecule has 0 aliphatic carbocycles. The first-order valence-corrected chi connectivity index (χ1v) is 12.6. The standard InChI is InChI=1S/C29H43NO4/c1-19(2)24-16-23(17-25(20(3)4)28(24)34-8)29(31,21(5)30-14-10-9-11-15-30)22-12-13-26(32-6)27(18-22)33-7/h12-13,16-21,31H,9-11,14-15H2,1-8H3. The molecular weight excluding hydrogens is 426 g/mol. The van der Waals surface area contributed by atoms with Crippen molar-refractivity contribution in [2.24, 2.45) is 0 Å². The van der Waals surface area contributed by atoms with Gasteiger partial charge >= 0.3 is 0 Å². The van der Waals surface area contributed by atoms with Crippen molar-refractivity contribution in [3.8, 4) is 17.2 Å². The molecule has 1 heterocycles. The van der Waals surface area contributed by atoms with Gasteiger partial charge in [0, 0.05) is 6.04 Å². The second kappa shape index (κ2) is 11.0. The number of likely N-dealkylation sites (tertiary alicyclic amines) is 1. The molecule has 1 aliphatic rings. The van der Waals surface area contributed by atoms with Gasteiger partial charge < -0.3 is 19.3 Å². The molecule has 2 aromatic carbocycles. The van der Waals surface area contributed by atoms with Crippen molar-refractivity contribution in [1.29, 1.82) is 0 Å². The summed E-state index contributed by atoms with van der Waals surface area (Å²) in [4.78, 5) is 2.43. The highest BCUT2D eigenvalue weighted by molar-refractivity contribution is 5.54. The number of benzene rings is 2. The van der Waals surface area contributed by atoms with E-state index in [4.69, 9.17) is 14.2 Å². The molecule has 2 unspecified atom stereocenters. The number of nitrogens with zero attached hydrogens (tertiary/aromatic N) is 1. The van der Waals surface area contributed by atoms with Crippen molar-refractivity contribution in [2.75, 3.05) is 34.4 Å². The molecule has 2 aromatic rings. The molecule has 0 saturated carbocycles. The molecule has 188 valence electrons. The highest BCUT2D eigenvalue weighted by Gasteiger charge is 2.42. The number of ether oxygens (including phenoxy) is 3. The van der Waals surface area contributed by atoms with E-state index >= 15 is 0 Å². The van der Waals surface area contributed by atoms with Gasteiger partial charge in [0.25, 0.3) is 0 Å². The van der Waals surface area contributed by atoms with Gasteiger partial charge in [-0.15, -0.1) is 0 Å². The average molecular weight is 470 g/mol. The average Bonchev–Trinajstić information content (AvgIpc) is 2.86. The SMILES string of the molecule is COc1ccc(C(O)(c2cc(C(C)C)c(OC)c(C(C)C)c2)C(C)N2CCCCC2)cc1OC. The number of aliphatic hydroxyl groups is 1. The van der Waals surface area contributed by atoms with E-state index in [2.05, 4.69) is 51.7 Å². The lowest BCUT2D eigenvalue weighted by molar-refractivity contribution is -0.0198. The summed E-state index contributed by atoms with van der Waals surface area (Å²) >= 11 is 0. The van der Waals surface area contributed by atoms with E-state index in [9.17, 15) is 5.11 Å². The van der Waals surface area contributed by atoms with Crippen LogP contribution in [0.1, 0.15) is 88.0 Å². The normalized spacial score (nSPS) is 17.5. The Labute approximate surface area is 206 Å². The predicted octanol–water partition coefficient (Wildman–Crippen LogP) is 6.07. The van der Waals surface area contributed by atoms with Gasteiger partial charge in [0.15, 0.2) is 11.5 Å². The summed E-state index contributed by atoms with van der Waals surface area (Å²) in [6, 6.07) is 9.94. The number of piperidine rings is 1. The van der Waals surface area contributed by atoms with Gasteiger partial charge in [-0.2, -0.15) is 0 Å². The first-order chi connectivity index (χ1) is 16.2. The largest absolute Gasteiger partial charge is 0.496 e. The fourth-order valence-electron chi connectivity index (χ4n) is 5.28. The summed E-state index contributed by atoms with van der Waals surface area (Å²) in [5, 5.41) is 12.8. The summed E-state index contributed by atoms with van der Waals surface area (Å²) < 4.78 is 17.0. The molecule has 1 N–H and O–H groups in total. The van der Waals surface area contributed by atoms with Crippen LogP contribution in [0.25, 0.3) is 0 Å². The highest BCUT2D eigenvalue weighted by Crippen LogP contribution is 2.44. The van der Waals surface area contributed by atoms with E-state index in [1.165, 1.54) is 6.42 Å². The zero-order valence-corrected chi connectivity index (χ0v) is 22.3. The fourth-order valence-corrected chi connectivity index (χ4v) is 5.28. The maximum Gasteiger partial charge on any atom is 0.161 e. The van der Waals surface area contributed by atoms with E-state index in [1.807, 2.05) is 18.2 Å². The third kappa shape index (κ3) is 4.92. The van der Waals surface area contributed by atoms with Crippen LogP contribution in [0.2, 0.25) is 0 Å². The van der Waals surface area contributed by atoms with Gasteiger partial charge in [0.1, 0.15) is 11.4 Å². The second-order valence-corrected chi connectivity index (χ2v) is 10.1. The van der Waals surface area contributed by atoms with Crippen molar-refractivity contribution < 1.29 is 19.3 Å². The topological polar surface area (TPSA) is 51.2 Å². The van der Waals surface area contributed by atoms with Crippen LogP contribution in [0.4, 0.5) is 0 Å². The lowest BCUT2D eigenvalue weighted by atomic mass is 9.76. The van der Waals surface area contributed by atoms with E-state index in [-0.39, 0.29) is 17.9 Å². The number of hydrogen-bond donors (Lipinski definition) is 1. The predicted molar refractivity (Wildman–Crippen MR) is 139 cm³/mol. The van der Waals surface area contributed by atoms with E-state index in [0.717, 1.165) is 53.9 Å². The van der Waals surface area contributed by atoms with Crippen LogP contribution in [-0.4, -0.2) is 50.5 Å². The number of hydrogen-bond acceptors (Lipinski definition) is 5. The van der Waals surface area contributed by atoms with Crippen LogP contribution in [-0.2, 0) is 5.60 Å². The third-order valence-corrected chi connectivity index (χ3v) is 7.40. The quantitative estimate of drug-likeness (QED) is 0.483. The van der Waals surface area contributed by atoms with Crippen molar-refractivity contribution in [2.45, 2.75) is 77.4 Å². The van der Waals surface area contributed by atoms with Gasteiger partial charge in [-0.3, -0.25) is 4.90 Å². The van der Waals surface area contributed by atoms with Gasteiger partial charge in [-0.05, 0) is 91.2 Å². The zero-order valence-electron chi connectivity index (χ0n) is 22.3. The number of methoxy groups -OCH3 is 3. The Morgan fingerprint density at radius 3 is 1.76 bits per heavy atom. The molecular formula is C29H43NO4. The van der Waals surface area contributed by atoms with Crippen LogP contribution < -0.4 is 14.2 Å². The number of rotatable bonds is 9. The van der Waals surface area contributed by atoms with Gasteiger partial charge in [-0.1, -0.05) is 40.2 Å². The van der Waals surface area contributed by atoms with Crippen molar-refractivity contribution in [1.82, 2.24) is 4.90 Å². The molecule has 5 heteroatoms. The molecule has 1 aliphatic heterocycles. The summed E-state index contributed by atoms with van der Waals surface area (Å²) in [6.07, 6.45) is 3.56. The van der Waals surface area contributed by atoms with Gasteiger partial charge in [0.05, 0.1) is 21.3 Å². The summed E-state index contributed by atoms with van der Waals surface area (Å²) in [7, 11) is 5.01. The Bertz CT molecular complexity index is 936. The molecule has 2 atom stereocenters. The highest BCUT2D eigenvalue weighted by atomic mass is 16.5. The molecule has 1 fully saturated rings. The Kier molecular flexibility index (Phi) is 8.53. The molecule has 0 spiro atoms. The summed E-state index contributed by atoms with van der Waals surface area (Å²) in [5.74, 6) is 2.71. The van der Waals surface area contributed by atoms with E-state index in [0.29, 0.717) is 11.5 Å². The van der Waals surface area contributed by atoms with Crippen LogP contribution in [0.5, 0.6) is 17.2 Å². The lowest BCUT2D eigenvalue weighted by Gasteiger charge is -2.44. The molecule has 0 amide bonds.